The van der Waals surface area contributed by atoms with Gasteiger partial charge in [-0.25, -0.2) is 9.97 Å². The smallest absolute Gasteiger partial charge is 0.239 e. The Morgan fingerprint density at radius 2 is 2.17 bits per heavy atom. The van der Waals surface area contributed by atoms with Crippen LogP contribution in [-0.2, 0) is 4.79 Å². The summed E-state index contributed by atoms with van der Waals surface area (Å²) in [5.41, 5.74) is 6.73. The van der Waals surface area contributed by atoms with Crippen molar-refractivity contribution >= 4 is 17.5 Å². The molecule has 1 heterocycles. The highest BCUT2D eigenvalue weighted by Gasteiger charge is 2.28. The fraction of sp³-hybridized carbons (Fsp3) is 0.583. The number of aromatic nitrogens is 2. The summed E-state index contributed by atoms with van der Waals surface area (Å²) in [6.45, 7) is 2.14. The van der Waals surface area contributed by atoms with Crippen molar-refractivity contribution in [3.05, 3.63) is 11.4 Å². The van der Waals surface area contributed by atoms with Crippen molar-refractivity contribution in [3.63, 3.8) is 0 Å². The van der Waals surface area contributed by atoms with Crippen LogP contribution in [0.1, 0.15) is 30.1 Å². The highest BCUT2D eigenvalue weighted by atomic mass is 16.1. The normalized spacial score (nSPS) is 14.4. The third-order valence-corrected chi connectivity index (χ3v) is 3.14. The molecule has 1 aromatic heterocycles. The zero-order chi connectivity index (χ0) is 13.3. The van der Waals surface area contributed by atoms with Gasteiger partial charge >= 0.3 is 0 Å². The predicted molar refractivity (Wildman–Crippen MR) is 70.5 cm³/mol. The summed E-state index contributed by atoms with van der Waals surface area (Å²) in [7, 11) is 3.45. The van der Waals surface area contributed by atoms with Gasteiger partial charge in [0.05, 0.1) is 6.54 Å². The number of amides is 1. The lowest BCUT2D eigenvalue weighted by Gasteiger charge is -2.20. The van der Waals surface area contributed by atoms with Crippen LogP contribution in [-0.4, -0.2) is 36.5 Å². The van der Waals surface area contributed by atoms with Gasteiger partial charge in [-0.05, 0) is 19.8 Å². The van der Waals surface area contributed by atoms with Crippen LogP contribution in [0.25, 0.3) is 0 Å². The van der Waals surface area contributed by atoms with E-state index in [2.05, 4.69) is 15.3 Å². The minimum Gasteiger partial charge on any atom is -0.383 e. The molecule has 1 saturated carbocycles. The van der Waals surface area contributed by atoms with E-state index in [1.54, 1.807) is 11.9 Å². The summed E-state index contributed by atoms with van der Waals surface area (Å²) in [6.07, 6.45) is 2.25. The fourth-order valence-electron chi connectivity index (χ4n) is 1.80. The first-order valence-corrected chi connectivity index (χ1v) is 6.08. The number of hydrogen-bond acceptors (Lipinski definition) is 5. The molecule has 0 atom stereocenters. The predicted octanol–water partition coefficient (Wildman–Crippen LogP) is 0.427. The Kier molecular flexibility index (Phi) is 3.36. The summed E-state index contributed by atoms with van der Waals surface area (Å²) >= 11 is 0. The molecule has 18 heavy (non-hydrogen) atoms. The van der Waals surface area contributed by atoms with E-state index in [9.17, 15) is 4.79 Å². The van der Waals surface area contributed by atoms with Crippen LogP contribution in [0.2, 0.25) is 0 Å². The molecule has 0 radical (unpaired) electrons. The highest BCUT2D eigenvalue weighted by molar-refractivity contribution is 5.81. The van der Waals surface area contributed by atoms with Gasteiger partial charge in [0.15, 0.2) is 0 Å². The Hall–Kier alpha value is -1.85. The number of anilines is 2. The number of nitrogens with one attached hydrogen (secondary N) is 1. The number of nitrogens with zero attached hydrogens (tertiary/aromatic N) is 3. The molecule has 0 aromatic carbocycles. The number of nitrogens with two attached hydrogens (primary N) is 1. The maximum absolute atomic E-state index is 11.4. The Labute approximate surface area is 107 Å². The molecule has 0 bridgehead atoms. The van der Waals surface area contributed by atoms with E-state index in [1.807, 2.05) is 14.0 Å². The fourth-order valence-corrected chi connectivity index (χ4v) is 1.80. The van der Waals surface area contributed by atoms with Crippen molar-refractivity contribution < 1.29 is 4.79 Å². The quantitative estimate of drug-likeness (QED) is 0.808. The van der Waals surface area contributed by atoms with Crippen LogP contribution < -0.4 is 16.0 Å². The van der Waals surface area contributed by atoms with E-state index in [-0.39, 0.29) is 12.5 Å². The Balaban J connectivity index is 2.27. The standard InChI is InChI=1S/C12H19N5O/c1-7-10(13)15-11(8-4-5-8)16-12(7)17(3)6-9(18)14-2/h8H,4-6H2,1-3H3,(H,14,18)(H2,13,15,16). The van der Waals surface area contributed by atoms with Crippen LogP contribution in [0.15, 0.2) is 0 Å². The van der Waals surface area contributed by atoms with Gasteiger partial charge in [0, 0.05) is 25.6 Å². The van der Waals surface area contributed by atoms with Gasteiger partial charge in [-0.15, -0.1) is 0 Å². The van der Waals surface area contributed by atoms with Gasteiger partial charge in [-0.1, -0.05) is 0 Å². The zero-order valence-corrected chi connectivity index (χ0v) is 11.0. The largest absolute Gasteiger partial charge is 0.383 e. The molecule has 1 aliphatic carbocycles. The summed E-state index contributed by atoms with van der Waals surface area (Å²) in [6, 6.07) is 0. The van der Waals surface area contributed by atoms with Gasteiger partial charge in [-0.3, -0.25) is 4.79 Å². The van der Waals surface area contributed by atoms with Crippen molar-refractivity contribution in [1.82, 2.24) is 15.3 Å². The van der Waals surface area contributed by atoms with Crippen molar-refractivity contribution in [2.45, 2.75) is 25.7 Å². The van der Waals surface area contributed by atoms with Gasteiger partial charge in [0.25, 0.3) is 0 Å². The molecule has 1 aromatic rings. The van der Waals surface area contributed by atoms with Crippen molar-refractivity contribution in [1.29, 1.82) is 0 Å². The van der Waals surface area contributed by atoms with Crippen LogP contribution in [0, 0.1) is 6.92 Å². The Morgan fingerprint density at radius 3 is 2.72 bits per heavy atom. The topological polar surface area (TPSA) is 84.1 Å². The van der Waals surface area contributed by atoms with E-state index >= 15 is 0 Å². The first-order chi connectivity index (χ1) is 8.52. The van der Waals surface area contributed by atoms with Crippen LogP contribution in [0.4, 0.5) is 11.6 Å². The maximum Gasteiger partial charge on any atom is 0.239 e. The molecular weight excluding hydrogens is 230 g/mol. The van der Waals surface area contributed by atoms with E-state index in [0.29, 0.717) is 11.7 Å². The first kappa shape index (κ1) is 12.6. The number of nitrogen functional groups attached to an aromatic ring is 1. The lowest BCUT2D eigenvalue weighted by atomic mass is 10.2. The second-order valence-corrected chi connectivity index (χ2v) is 4.72. The van der Waals surface area contributed by atoms with Crippen LogP contribution in [0.5, 0.6) is 0 Å². The first-order valence-electron chi connectivity index (χ1n) is 6.08. The molecule has 6 nitrogen and oxygen atoms in total. The number of carbonyl (C=O) groups is 1. The molecule has 0 spiro atoms. The maximum atomic E-state index is 11.4. The van der Waals surface area contributed by atoms with Crippen molar-refractivity contribution in [2.75, 3.05) is 31.3 Å². The Morgan fingerprint density at radius 1 is 1.50 bits per heavy atom. The minimum atomic E-state index is -0.0537. The number of likely N-dealkylation sites (N-methyl/N-ethyl adjacent to an activating group) is 2. The molecule has 6 heteroatoms. The number of carbonyl (C=O) groups excluding carboxylic acids is 1. The van der Waals surface area contributed by atoms with Gasteiger partial charge in [0.2, 0.25) is 5.91 Å². The minimum absolute atomic E-state index is 0.0537. The molecule has 0 saturated heterocycles. The van der Waals surface area contributed by atoms with Crippen molar-refractivity contribution in [3.8, 4) is 0 Å². The van der Waals surface area contributed by atoms with E-state index < -0.39 is 0 Å². The zero-order valence-electron chi connectivity index (χ0n) is 11.0. The lowest BCUT2D eigenvalue weighted by molar-refractivity contribution is -0.119. The van der Waals surface area contributed by atoms with Crippen molar-refractivity contribution in [2.24, 2.45) is 0 Å². The van der Waals surface area contributed by atoms with E-state index in [4.69, 9.17) is 5.73 Å². The van der Waals surface area contributed by atoms with Gasteiger partial charge < -0.3 is 16.0 Å². The second-order valence-electron chi connectivity index (χ2n) is 4.72. The summed E-state index contributed by atoms with van der Waals surface area (Å²) in [4.78, 5) is 22.1. The average molecular weight is 249 g/mol. The summed E-state index contributed by atoms with van der Waals surface area (Å²) in [5.74, 6) is 2.44. The van der Waals surface area contributed by atoms with E-state index in [1.165, 1.54) is 0 Å². The third-order valence-electron chi connectivity index (χ3n) is 3.14. The summed E-state index contributed by atoms with van der Waals surface area (Å²) in [5, 5.41) is 2.59. The van der Waals surface area contributed by atoms with Gasteiger partial charge in [-0.2, -0.15) is 0 Å². The molecule has 0 aliphatic heterocycles. The molecule has 3 N–H and O–H groups in total. The highest BCUT2D eigenvalue weighted by Crippen LogP contribution is 2.39. The van der Waals surface area contributed by atoms with Crippen LogP contribution in [0.3, 0.4) is 0 Å². The van der Waals surface area contributed by atoms with Crippen LogP contribution >= 0.6 is 0 Å². The summed E-state index contributed by atoms with van der Waals surface area (Å²) < 4.78 is 0. The molecule has 1 amide bonds. The van der Waals surface area contributed by atoms with Gasteiger partial charge in [0.1, 0.15) is 17.5 Å². The monoisotopic (exact) mass is 249 g/mol. The lowest BCUT2D eigenvalue weighted by Crippen LogP contribution is -2.34. The Bertz CT molecular complexity index is 470. The number of rotatable bonds is 4. The number of hydrogen-bond donors (Lipinski definition) is 2. The molecule has 1 aliphatic rings. The van der Waals surface area contributed by atoms with E-state index in [0.717, 1.165) is 30.0 Å². The molecule has 0 unspecified atom stereocenters. The molecule has 1 fully saturated rings. The molecule has 98 valence electrons. The second kappa shape index (κ2) is 4.80. The third kappa shape index (κ3) is 2.52. The molecular formula is C12H19N5O. The average Bonchev–Trinajstić information content (AvgIpc) is 3.16. The molecule has 2 rings (SSSR count). The SMILES string of the molecule is CNC(=O)CN(C)c1nc(C2CC2)nc(N)c1C.